The van der Waals surface area contributed by atoms with Crippen LogP contribution in [0.15, 0.2) is 66.3 Å². The molecule has 0 radical (unpaired) electrons. The minimum Gasteiger partial charge on any atom is -0.494 e. The fraction of sp³-hybridized carbons (Fsp3) is 0.250. The maximum atomic E-state index is 12.5. The van der Waals surface area contributed by atoms with Crippen LogP contribution in [0.5, 0.6) is 5.75 Å². The summed E-state index contributed by atoms with van der Waals surface area (Å²) in [4.78, 5) is 24.9. The van der Waals surface area contributed by atoms with Crippen LogP contribution < -0.4 is 15.4 Å². The van der Waals surface area contributed by atoms with Gasteiger partial charge in [0.05, 0.1) is 18.9 Å². The molecule has 33 heavy (non-hydrogen) atoms. The van der Waals surface area contributed by atoms with Crippen molar-refractivity contribution in [1.82, 2.24) is 20.1 Å². The predicted octanol–water partition coefficient (Wildman–Crippen LogP) is 3.83. The van der Waals surface area contributed by atoms with Crippen molar-refractivity contribution in [2.24, 2.45) is 0 Å². The highest BCUT2D eigenvalue weighted by atomic mass is 32.2. The van der Waals surface area contributed by atoms with Gasteiger partial charge < -0.3 is 19.9 Å². The Hall–Kier alpha value is -3.59. The zero-order valence-corrected chi connectivity index (χ0v) is 19.5. The molecular formula is C24H27N5O3S. The van der Waals surface area contributed by atoms with Crippen molar-refractivity contribution in [1.29, 1.82) is 0 Å². The molecule has 172 valence electrons. The molecule has 3 rings (SSSR count). The van der Waals surface area contributed by atoms with E-state index in [0.717, 1.165) is 11.3 Å². The van der Waals surface area contributed by atoms with Crippen LogP contribution in [0.4, 0.5) is 5.69 Å². The van der Waals surface area contributed by atoms with Gasteiger partial charge in [0.1, 0.15) is 5.75 Å². The molecule has 2 N–H and O–H groups in total. The van der Waals surface area contributed by atoms with Gasteiger partial charge in [0.2, 0.25) is 5.91 Å². The lowest BCUT2D eigenvalue weighted by Gasteiger charge is -2.10. The first kappa shape index (κ1) is 24.1. The van der Waals surface area contributed by atoms with Crippen molar-refractivity contribution in [3.05, 3.63) is 78.1 Å². The van der Waals surface area contributed by atoms with Crippen molar-refractivity contribution in [2.75, 3.05) is 17.7 Å². The number of aromatic nitrogens is 3. The summed E-state index contributed by atoms with van der Waals surface area (Å²) in [6.07, 6.45) is 1.72. The standard InChI is InChI=1S/C24H27N5O3S/c1-4-14-29-21(15-25-23(31)20-9-7-6-8-17(20)3)27-28-24(29)33-16-22(30)26-18-10-12-19(13-11-18)32-5-2/h4,6-13H,1,5,14-16H2,2-3H3,(H,25,31)(H,26,30). The molecule has 0 spiro atoms. The molecule has 0 saturated carbocycles. The molecule has 0 fully saturated rings. The van der Waals surface area contributed by atoms with E-state index in [1.807, 2.05) is 48.7 Å². The molecule has 0 aliphatic heterocycles. The van der Waals surface area contributed by atoms with E-state index in [4.69, 9.17) is 4.74 Å². The Morgan fingerprint density at radius 3 is 2.61 bits per heavy atom. The zero-order chi connectivity index (χ0) is 23.6. The van der Waals surface area contributed by atoms with E-state index in [-0.39, 0.29) is 24.1 Å². The Labute approximate surface area is 197 Å². The number of thioether (sulfide) groups is 1. The molecule has 2 amide bonds. The minimum absolute atomic E-state index is 0.160. The summed E-state index contributed by atoms with van der Waals surface area (Å²) in [5, 5.41) is 14.7. The molecule has 0 bridgehead atoms. The summed E-state index contributed by atoms with van der Waals surface area (Å²) < 4.78 is 7.24. The molecule has 0 unspecified atom stereocenters. The number of aryl methyl sites for hydroxylation is 1. The van der Waals surface area contributed by atoms with Crippen molar-refractivity contribution in [2.45, 2.75) is 32.1 Å². The Morgan fingerprint density at radius 1 is 1.15 bits per heavy atom. The van der Waals surface area contributed by atoms with Gasteiger partial charge in [-0.15, -0.1) is 16.8 Å². The third-order valence-corrected chi connectivity index (χ3v) is 5.65. The number of nitrogens with one attached hydrogen (secondary N) is 2. The van der Waals surface area contributed by atoms with Crippen LogP contribution in [0, 0.1) is 6.92 Å². The lowest BCUT2D eigenvalue weighted by molar-refractivity contribution is -0.113. The van der Waals surface area contributed by atoms with Gasteiger partial charge in [-0.1, -0.05) is 36.0 Å². The number of benzene rings is 2. The van der Waals surface area contributed by atoms with E-state index in [0.29, 0.717) is 35.4 Å². The summed E-state index contributed by atoms with van der Waals surface area (Å²) >= 11 is 1.27. The average molecular weight is 466 g/mol. The largest absolute Gasteiger partial charge is 0.494 e. The third kappa shape index (κ3) is 6.69. The molecule has 9 heteroatoms. The second kappa shape index (κ2) is 11.9. The Kier molecular flexibility index (Phi) is 8.65. The van der Waals surface area contributed by atoms with Crippen LogP contribution in [0.2, 0.25) is 0 Å². The number of nitrogens with zero attached hydrogens (tertiary/aromatic N) is 3. The second-order valence-corrected chi connectivity index (χ2v) is 8.03. The lowest BCUT2D eigenvalue weighted by Crippen LogP contribution is -2.25. The summed E-state index contributed by atoms with van der Waals surface area (Å²) in [5.41, 5.74) is 2.21. The second-order valence-electron chi connectivity index (χ2n) is 7.09. The van der Waals surface area contributed by atoms with E-state index >= 15 is 0 Å². The number of hydrogen-bond donors (Lipinski definition) is 2. The van der Waals surface area contributed by atoms with Crippen LogP contribution in [0.1, 0.15) is 28.7 Å². The fourth-order valence-electron chi connectivity index (χ4n) is 3.08. The normalized spacial score (nSPS) is 10.5. The highest BCUT2D eigenvalue weighted by molar-refractivity contribution is 7.99. The quantitative estimate of drug-likeness (QED) is 0.330. The van der Waals surface area contributed by atoms with E-state index in [1.165, 1.54) is 11.8 Å². The lowest BCUT2D eigenvalue weighted by atomic mass is 10.1. The van der Waals surface area contributed by atoms with Crippen LogP contribution >= 0.6 is 11.8 Å². The van der Waals surface area contributed by atoms with Crippen LogP contribution in [-0.4, -0.2) is 38.9 Å². The van der Waals surface area contributed by atoms with E-state index in [2.05, 4.69) is 27.4 Å². The number of anilines is 1. The van der Waals surface area contributed by atoms with Crippen LogP contribution in [0.25, 0.3) is 0 Å². The average Bonchev–Trinajstić information content (AvgIpc) is 3.19. The summed E-state index contributed by atoms with van der Waals surface area (Å²) in [6.45, 7) is 8.86. The smallest absolute Gasteiger partial charge is 0.251 e. The molecule has 1 heterocycles. The fourth-order valence-corrected chi connectivity index (χ4v) is 3.85. The SMILES string of the molecule is C=CCn1c(CNC(=O)c2ccccc2C)nnc1SCC(=O)Nc1ccc(OCC)cc1. The molecule has 0 aliphatic carbocycles. The highest BCUT2D eigenvalue weighted by Crippen LogP contribution is 2.19. The Morgan fingerprint density at radius 2 is 1.91 bits per heavy atom. The first-order valence-electron chi connectivity index (χ1n) is 10.5. The molecule has 0 aliphatic rings. The zero-order valence-electron chi connectivity index (χ0n) is 18.7. The first-order valence-corrected chi connectivity index (χ1v) is 11.5. The number of amides is 2. The number of carbonyl (C=O) groups is 2. The van der Waals surface area contributed by atoms with Gasteiger partial charge >= 0.3 is 0 Å². The number of carbonyl (C=O) groups excluding carboxylic acids is 2. The van der Waals surface area contributed by atoms with Crippen molar-refractivity contribution >= 4 is 29.3 Å². The molecule has 3 aromatic rings. The van der Waals surface area contributed by atoms with Crippen LogP contribution in [-0.2, 0) is 17.9 Å². The van der Waals surface area contributed by atoms with Gasteiger partial charge in [-0.25, -0.2) is 0 Å². The molecular weight excluding hydrogens is 438 g/mol. The van der Waals surface area contributed by atoms with Crippen molar-refractivity contribution < 1.29 is 14.3 Å². The van der Waals surface area contributed by atoms with Crippen LogP contribution in [0.3, 0.4) is 0 Å². The number of allylic oxidation sites excluding steroid dienone is 1. The summed E-state index contributed by atoms with van der Waals surface area (Å²) in [5.74, 6) is 1.17. The molecule has 2 aromatic carbocycles. The third-order valence-electron chi connectivity index (χ3n) is 4.68. The van der Waals surface area contributed by atoms with Crippen molar-refractivity contribution in [3.63, 3.8) is 0 Å². The topological polar surface area (TPSA) is 98.1 Å². The molecule has 0 atom stereocenters. The summed E-state index contributed by atoms with van der Waals surface area (Å²) in [7, 11) is 0. The molecule has 1 aromatic heterocycles. The van der Waals surface area contributed by atoms with Gasteiger partial charge in [0.25, 0.3) is 5.91 Å². The van der Waals surface area contributed by atoms with E-state index in [1.54, 1.807) is 24.3 Å². The van der Waals surface area contributed by atoms with E-state index < -0.39 is 0 Å². The number of ether oxygens (including phenoxy) is 1. The van der Waals surface area contributed by atoms with Crippen molar-refractivity contribution in [3.8, 4) is 5.75 Å². The number of rotatable bonds is 11. The minimum atomic E-state index is -0.176. The maximum absolute atomic E-state index is 12.5. The molecule has 0 saturated heterocycles. The number of hydrogen-bond acceptors (Lipinski definition) is 6. The maximum Gasteiger partial charge on any atom is 0.251 e. The predicted molar refractivity (Wildman–Crippen MR) is 130 cm³/mol. The molecule has 8 nitrogen and oxygen atoms in total. The highest BCUT2D eigenvalue weighted by Gasteiger charge is 2.15. The van der Waals surface area contributed by atoms with Gasteiger partial charge in [-0.3, -0.25) is 9.59 Å². The first-order chi connectivity index (χ1) is 16.0. The van der Waals surface area contributed by atoms with Gasteiger partial charge in [0.15, 0.2) is 11.0 Å². The van der Waals surface area contributed by atoms with Gasteiger partial charge in [0, 0.05) is 17.8 Å². The summed E-state index contributed by atoms with van der Waals surface area (Å²) in [6, 6.07) is 14.6. The van der Waals surface area contributed by atoms with E-state index in [9.17, 15) is 9.59 Å². The Bertz CT molecular complexity index is 1110. The van der Waals surface area contributed by atoms with Gasteiger partial charge in [-0.2, -0.15) is 0 Å². The monoisotopic (exact) mass is 465 g/mol. The Balaban J connectivity index is 1.58. The van der Waals surface area contributed by atoms with Gasteiger partial charge in [-0.05, 0) is 49.7 Å².